The average molecular weight is 281 g/mol. The highest BCUT2D eigenvalue weighted by atomic mass is 32.1. The van der Waals surface area contributed by atoms with Crippen LogP contribution in [0.5, 0.6) is 0 Å². The number of carbonyl (C=O) groups is 1. The first-order valence-corrected chi connectivity index (χ1v) is 7.31. The number of aryl methyl sites for hydroxylation is 1. The lowest BCUT2D eigenvalue weighted by molar-refractivity contribution is -0.143. The van der Waals surface area contributed by atoms with Crippen molar-refractivity contribution in [1.29, 1.82) is 5.26 Å². The van der Waals surface area contributed by atoms with Gasteiger partial charge in [0.1, 0.15) is 0 Å². The first-order chi connectivity index (χ1) is 9.21. The normalized spacial score (nSPS) is 9.95. The van der Waals surface area contributed by atoms with E-state index in [9.17, 15) is 4.79 Å². The summed E-state index contributed by atoms with van der Waals surface area (Å²) in [4.78, 5) is 17.8. The van der Waals surface area contributed by atoms with Crippen molar-refractivity contribution < 1.29 is 9.53 Å². The molecule has 0 aliphatic carbocycles. The van der Waals surface area contributed by atoms with Crippen molar-refractivity contribution in [3.63, 3.8) is 0 Å². The number of anilines is 1. The maximum absolute atomic E-state index is 11.3. The third-order valence-corrected chi connectivity index (χ3v) is 3.53. The van der Waals surface area contributed by atoms with Gasteiger partial charge in [0.05, 0.1) is 31.2 Å². The molecule has 1 heterocycles. The molecular weight excluding hydrogens is 262 g/mol. The van der Waals surface area contributed by atoms with Gasteiger partial charge >= 0.3 is 5.97 Å². The Labute approximate surface area is 117 Å². The van der Waals surface area contributed by atoms with Gasteiger partial charge in [-0.2, -0.15) is 5.26 Å². The minimum Gasteiger partial charge on any atom is -0.466 e. The molecule has 0 amide bonds. The Hall–Kier alpha value is -1.61. The number of esters is 1. The molecule has 0 unspecified atom stereocenters. The van der Waals surface area contributed by atoms with Crippen LogP contribution in [0.2, 0.25) is 0 Å². The molecule has 0 spiro atoms. The highest BCUT2D eigenvalue weighted by molar-refractivity contribution is 7.13. The van der Waals surface area contributed by atoms with E-state index in [0.717, 1.165) is 17.4 Å². The van der Waals surface area contributed by atoms with E-state index in [1.165, 1.54) is 0 Å². The highest BCUT2D eigenvalue weighted by Crippen LogP contribution is 2.21. The van der Waals surface area contributed by atoms with Crippen LogP contribution in [0.1, 0.15) is 32.4 Å². The van der Waals surface area contributed by atoms with E-state index in [2.05, 4.69) is 16.0 Å². The molecule has 0 saturated heterocycles. The van der Waals surface area contributed by atoms with Crippen LogP contribution in [-0.4, -0.2) is 30.6 Å². The van der Waals surface area contributed by atoms with Gasteiger partial charge in [-0.1, -0.05) is 0 Å². The Morgan fingerprint density at radius 3 is 3.00 bits per heavy atom. The topological polar surface area (TPSA) is 66.2 Å². The maximum atomic E-state index is 11.3. The molecule has 0 fully saturated rings. The van der Waals surface area contributed by atoms with E-state index in [1.54, 1.807) is 18.3 Å². The molecule has 0 saturated carbocycles. The Bertz CT molecular complexity index is 439. The summed E-state index contributed by atoms with van der Waals surface area (Å²) in [5.41, 5.74) is 0.906. The molecule has 0 aromatic carbocycles. The van der Waals surface area contributed by atoms with Crippen molar-refractivity contribution in [2.45, 2.75) is 33.1 Å². The van der Waals surface area contributed by atoms with Gasteiger partial charge < -0.3 is 9.64 Å². The molecule has 0 atom stereocenters. The summed E-state index contributed by atoms with van der Waals surface area (Å²) in [7, 11) is 0. The predicted molar refractivity (Wildman–Crippen MR) is 75.2 cm³/mol. The Morgan fingerprint density at radius 1 is 1.58 bits per heavy atom. The second kappa shape index (κ2) is 8.48. The smallest absolute Gasteiger partial charge is 0.306 e. The SMILES string of the molecule is CCOC(=O)CCc1csc(N(CC)CCC#N)n1. The van der Waals surface area contributed by atoms with Gasteiger partial charge in [0.15, 0.2) is 5.13 Å². The molecule has 0 radical (unpaired) electrons. The summed E-state index contributed by atoms with van der Waals surface area (Å²) in [6.45, 7) is 5.77. The molecule has 19 heavy (non-hydrogen) atoms. The predicted octanol–water partition coefficient (Wildman–Crippen LogP) is 2.38. The molecule has 0 aliphatic rings. The lowest BCUT2D eigenvalue weighted by Gasteiger charge is -2.17. The first-order valence-electron chi connectivity index (χ1n) is 6.43. The third kappa shape index (κ3) is 5.26. The van der Waals surface area contributed by atoms with Gasteiger partial charge in [0, 0.05) is 24.9 Å². The van der Waals surface area contributed by atoms with E-state index in [-0.39, 0.29) is 5.97 Å². The van der Waals surface area contributed by atoms with Crippen LogP contribution in [-0.2, 0) is 16.0 Å². The second-order valence-electron chi connectivity index (χ2n) is 3.91. The number of thiazole rings is 1. The third-order valence-electron chi connectivity index (χ3n) is 2.58. The van der Waals surface area contributed by atoms with E-state index in [0.29, 0.717) is 32.4 Å². The molecule has 1 aromatic heterocycles. The molecule has 1 aromatic rings. The first kappa shape index (κ1) is 15.4. The van der Waals surface area contributed by atoms with E-state index in [4.69, 9.17) is 10.00 Å². The number of rotatable bonds is 8. The summed E-state index contributed by atoms with van der Waals surface area (Å²) in [6.07, 6.45) is 1.46. The zero-order valence-corrected chi connectivity index (χ0v) is 12.2. The molecule has 104 valence electrons. The quantitative estimate of drug-likeness (QED) is 0.684. The molecule has 0 bridgehead atoms. The average Bonchev–Trinajstić information content (AvgIpc) is 2.86. The van der Waals surface area contributed by atoms with Crippen molar-refractivity contribution in [2.24, 2.45) is 0 Å². The standard InChI is InChI=1S/C13H19N3O2S/c1-3-16(9-5-8-14)13-15-11(10-19-13)6-7-12(17)18-4-2/h10H,3-7,9H2,1-2H3. The van der Waals surface area contributed by atoms with Crippen molar-refractivity contribution in [3.05, 3.63) is 11.1 Å². The number of hydrogen-bond donors (Lipinski definition) is 0. The zero-order chi connectivity index (χ0) is 14.1. The van der Waals surface area contributed by atoms with Gasteiger partial charge in [0.2, 0.25) is 0 Å². The minimum atomic E-state index is -0.186. The minimum absolute atomic E-state index is 0.186. The lowest BCUT2D eigenvalue weighted by atomic mass is 10.2. The fraction of sp³-hybridized carbons (Fsp3) is 0.615. The van der Waals surface area contributed by atoms with Crippen LogP contribution in [0.4, 0.5) is 5.13 Å². The molecule has 0 N–H and O–H groups in total. The summed E-state index contributed by atoms with van der Waals surface area (Å²) in [6, 6.07) is 2.14. The number of ether oxygens (including phenoxy) is 1. The van der Waals surface area contributed by atoms with Crippen molar-refractivity contribution in [2.75, 3.05) is 24.6 Å². The zero-order valence-electron chi connectivity index (χ0n) is 11.4. The van der Waals surface area contributed by atoms with Crippen LogP contribution in [0, 0.1) is 11.3 Å². The lowest BCUT2D eigenvalue weighted by Crippen LogP contribution is -2.23. The number of nitriles is 1. The monoisotopic (exact) mass is 281 g/mol. The maximum Gasteiger partial charge on any atom is 0.306 e. The van der Waals surface area contributed by atoms with Crippen LogP contribution in [0.15, 0.2) is 5.38 Å². The molecule has 6 heteroatoms. The molecule has 0 aliphatic heterocycles. The largest absolute Gasteiger partial charge is 0.466 e. The van der Waals surface area contributed by atoms with Crippen LogP contribution < -0.4 is 4.90 Å². The van der Waals surface area contributed by atoms with E-state index < -0.39 is 0 Å². The number of nitrogens with zero attached hydrogens (tertiary/aromatic N) is 3. The molecular formula is C13H19N3O2S. The number of hydrogen-bond acceptors (Lipinski definition) is 6. The fourth-order valence-corrected chi connectivity index (χ4v) is 2.55. The Balaban J connectivity index is 2.51. The molecule has 5 nitrogen and oxygen atoms in total. The van der Waals surface area contributed by atoms with E-state index >= 15 is 0 Å². The van der Waals surface area contributed by atoms with Crippen LogP contribution in [0.25, 0.3) is 0 Å². The summed E-state index contributed by atoms with van der Waals surface area (Å²) >= 11 is 1.55. The van der Waals surface area contributed by atoms with Crippen LogP contribution >= 0.6 is 11.3 Å². The summed E-state index contributed by atoms with van der Waals surface area (Å²) in [5.74, 6) is -0.186. The van der Waals surface area contributed by atoms with Crippen molar-refractivity contribution in [3.8, 4) is 6.07 Å². The summed E-state index contributed by atoms with van der Waals surface area (Å²) in [5, 5.41) is 11.5. The van der Waals surface area contributed by atoms with Gasteiger partial charge in [-0.05, 0) is 13.8 Å². The van der Waals surface area contributed by atoms with Gasteiger partial charge in [-0.25, -0.2) is 4.98 Å². The van der Waals surface area contributed by atoms with Crippen molar-refractivity contribution >= 4 is 22.4 Å². The van der Waals surface area contributed by atoms with Gasteiger partial charge in [-0.3, -0.25) is 4.79 Å². The van der Waals surface area contributed by atoms with Crippen molar-refractivity contribution in [1.82, 2.24) is 4.98 Å². The molecule has 1 rings (SSSR count). The number of aromatic nitrogens is 1. The van der Waals surface area contributed by atoms with Crippen LogP contribution in [0.3, 0.4) is 0 Å². The fourth-order valence-electron chi connectivity index (χ4n) is 1.59. The van der Waals surface area contributed by atoms with E-state index in [1.807, 2.05) is 12.3 Å². The second-order valence-corrected chi connectivity index (χ2v) is 4.75. The van der Waals surface area contributed by atoms with Gasteiger partial charge in [-0.15, -0.1) is 11.3 Å². The highest BCUT2D eigenvalue weighted by Gasteiger charge is 2.10. The summed E-state index contributed by atoms with van der Waals surface area (Å²) < 4.78 is 4.88. The Morgan fingerprint density at radius 2 is 2.37 bits per heavy atom. The Kier molecular flexibility index (Phi) is 6.90. The number of carbonyl (C=O) groups excluding carboxylic acids is 1. The van der Waals surface area contributed by atoms with Gasteiger partial charge in [0.25, 0.3) is 0 Å².